The molecule has 5 rings (SSSR count). The van der Waals surface area contributed by atoms with Gasteiger partial charge in [-0.05, 0) is 17.7 Å². The molecule has 0 heterocycles. The highest BCUT2D eigenvalue weighted by molar-refractivity contribution is 6.00. The molecule has 1 N–H and O–H groups in total. The Morgan fingerprint density at radius 2 is 0.842 bits per heavy atom. The third kappa shape index (κ3) is 7.12. The summed E-state index contributed by atoms with van der Waals surface area (Å²) in [4.78, 5) is 24.7. The van der Waals surface area contributed by atoms with Gasteiger partial charge >= 0.3 is 0 Å². The molecule has 0 saturated carbocycles. The number of carbonyl (C=O) groups excluding carboxylic acids is 2. The van der Waals surface area contributed by atoms with Crippen LogP contribution in [0.25, 0.3) is 0 Å². The number of ether oxygens (including phenoxy) is 1. The van der Waals surface area contributed by atoms with Gasteiger partial charge in [-0.2, -0.15) is 0 Å². The number of hydrogen-bond donors (Lipinski definition) is 1. The predicted molar refractivity (Wildman–Crippen MR) is 149 cm³/mol. The van der Waals surface area contributed by atoms with E-state index in [1.54, 1.807) is 48.5 Å². The number of benzene rings is 5. The first-order valence-electron chi connectivity index (χ1n) is 12.3. The van der Waals surface area contributed by atoms with Crippen molar-refractivity contribution in [2.45, 2.75) is 12.2 Å². The van der Waals surface area contributed by atoms with Crippen molar-refractivity contribution < 1.29 is 19.4 Å². The minimum absolute atomic E-state index is 0.0457. The molecule has 38 heavy (non-hydrogen) atoms. The highest BCUT2D eigenvalue weighted by Crippen LogP contribution is 2.25. The lowest BCUT2D eigenvalue weighted by Crippen LogP contribution is -2.19. The monoisotopic (exact) mass is 500 g/mol. The minimum atomic E-state index is -1.08. The summed E-state index contributed by atoms with van der Waals surface area (Å²) in [5, 5.41) is 9.89. The maximum Gasteiger partial charge on any atom is 0.207 e. The molecule has 0 radical (unpaired) electrons. The third-order valence-corrected chi connectivity index (χ3v) is 5.82. The smallest absolute Gasteiger partial charge is 0.207 e. The van der Waals surface area contributed by atoms with Crippen molar-refractivity contribution in [3.8, 4) is 5.75 Å². The second-order valence-corrected chi connectivity index (χ2v) is 8.50. The molecule has 2 atom stereocenters. The molecular formula is C34H28O4. The summed E-state index contributed by atoms with van der Waals surface area (Å²) in [5.74, 6) is 0.364. The molecule has 188 valence electrons. The van der Waals surface area contributed by atoms with E-state index in [1.165, 1.54) is 0 Å². The van der Waals surface area contributed by atoms with Crippen molar-refractivity contribution in [1.29, 1.82) is 0 Å². The summed E-state index contributed by atoms with van der Waals surface area (Å²) in [6.07, 6.45) is -1.73. The van der Waals surface area contributed by atoms with Crippen molar-refractivity contribution in [1.82, 2.24) is 0 Å². The third-order valence-electron chi connectivity index (χ3n) is 5.82. The molecule has 0 aliphatic rings. The van der Waals surface area contributed by atoms with Crippen molar-refractivity contribution >= 4 is 11.6 Å². The zero-order valence-electron chi connectivity index (χ0n) is 20.8. The lowest BCUT2D eigenvalue weighted by molar-refractivity contribution is 0.0747. The van der Waals surface area contributed by atoms with E-state index in [1.807, 2.05) is 103 Å². The largest absolute Gasteiger partial charge is 0.478 e. The van der Waals surface area contributed by atoms with Crippen molar-refractivity contribution in [2.24, 2.45) is 0 Å². The van der Waals surface area contributed by atoms with Crippen molar-refractivity contribution in [3.05, 3.63) is 174 Å². The number of carbonyl (C=O) groups is 2. The standard InChI is InChI=1S/C20H16O2.C14H12O2/c21-19(16-10-4-1-5-11-16)20(17-12-6-2-7-13-17)22-18-14-8-3-9-15-18;15-13(11-7-3-1-4-8-11)14(16)12-9-5-2-6-10-12/h1-15,20H;1-10,13,15H. The summed E-state index contributed by atoms with van der Waals surface area (Å²) in [7, 11) is 0. The Labute approximate surface area is 222 Å². The molecule has 0 saturated heterocycles. The molecule has 0 amide bonds. The van der Waals surface area contributed by atoms with Crippen LogP contribution >= 0.6 is 0 Å². The second-order valence-electron chi connectivity index (χ2n) is 8.50. The van der Waals surface area contributed by atoms with Crippen LogP contribution < -0.4 is 4.74 Å². The summed E-state index contributed by atoms with van der Waals surface area (Å²) in [5.41, 5.74) is 2.64. The average molecular weight is 501 g/mol. The fraction of sp³-hybridized carbons (Fsp3) is 0.0588. The first-order valence-corrected chi connectivity index (χ1v) is 12.3. The van der Waals surface area contributed by atoms with Crippen LogP contribution in [0.15, 0.2) is 152 Å². The van der Waals surface area contributed by atoms with Gasteiger partial charge in [0.2, 0.25) is 5.78 Å². The normalized spacial score (nSPS) is 11.8. The van der Waals surface area contributed by atoms with E-state index in [9.17, 15) is 14.7 Å². The molecule has 0 aliphatic carbocycles. The number of para-hydroxylation sites is 1. The van der Waals surface area contributed by atoms with E-state index in [2.05, 4.69) is 0 Å². The number of ketones is 2. The van der Waals surface area contributed by atoms with E-state index in [-0.39, 0.29) is 11.6 Å². The quantitative estimate of drug-likeness (QED) is 0.227. The fourth-order valence-electron chi connectivity index (χ4n) is 3.84. The molecule has 5 aromatic carbocycles. The van der Waals surface area contributed by atoms with E-state index >= 15 is 0 Å². The van der Waals surface area contributed by atoms with Gasteiger partial charge in [0.05, 0.1) is 0 Å². The minimum Gasteiger partial charge on any atom is -0.478 e. The lowest BCUT2D eigenvalue weighted by atomic mass is 10.00. The Hall–Kier alpha value is -4.80. The van der Waals surface area contributed by atoms with Crippen molar-refractivity contribution in [2.75, 3.05) is 0 Å². The van der Waals surface area contributed by atoms with Crippen LogP contribution in [0.1, 0.15) is 44.1 Å². The molecule has 0 bridgehead atoms. The number of aliphatic hydroxyl groups is 1. The molecule has 2 unspecified atom stereocenters. The van der Waals surface area contributed by atoms with Crippen LogP contribution in [0, 0.1) is 0 Å². The van der Waals surface area contributed by atoms with Crippen LogP contribution in [0.3, 0.4) is 0 Å². The Morgan fingerprint density at radius 1 is 0.474 bits per heavy atom. The summed E-state index contributed by atoms with van der Waals surface area (Å²) < 4.78 is 5.97. The molecule has 0 aromatic heterocycles. The zero-order chi connectivity index (χ0) is 26.6. The van der Waals surface area contributed by atoms with Gasteiger partial charge in [0.25, 0.3) is 0 Å². The van der Waals surface area contributed by atoms with Gasteiger partial charge in [-0.3, -0.25) is 9.59 Å². The fourth-order valence-corrected chi connectivity index (χ4v) is 3.84. The van der Waals surface area contributed by atoms with Crippen LogP contribution in [0.4, 0.5) is 0 Å². The molecule has 5 aromatic rings. The molecule has 4 nitrogen and oxygen atoms in total. The molecule has 4 heteroatoms. The van der Waals surface area contributed by atoms with Crippen molar-refractivity contribution in [3.63, 3.8) is 0 Å². The number of aliphatic hydroxyl groups excluding tert-OH is 1. The number of rotatable bonds is 8. The van der Waals surface area contributed by atoms with E-state index in [4.69, 9.17) is 4.74 Å². The van der Waals surface area contributed by atoms with E-state index in [0.717, 1.165) is 5.56 Å². The Kier molecular flexibility index (Phi) is 9.33. The van der Waals surface area contributed by atoms with Crippen LogP contribution in [0.5, 0.6) is 5.75 Å². The summed E-state index contributed by atoms with van der Waals surface area (Å²) in [6.45, 7) is 0. The summed E-state index contributed by atoms with van der Waals surface area (Å²) >= 11 is 0. The van der Waals surface area contributed by atoms with Gasteiger partial charge in [-0.1, -0.05) is 140 Å². The maximum atomic E-state index is 12.8. The zero-order valence-corrected chi connectivity index (χ0v) is 20.8. The highest BCUT2D eigenvalue weighted by Gasteiger charge is 2.23. The number of hydrogen-bond acceptors (Lipinski definition) is 4. The predicted octanol–water partition coefficient (Wildman–Crippen LogP) is 7.29. The molecule has 0 spiro atoms. The topological polar surface area (TPSA) is 63.6 Å². The molecule has 0 aliphatic heterocycles. The Morgan fingerprint density at radius 3 is 1.32 bits per heavy atom. The molecule has 0 fully saturated rings. The highest BCUT2D eigenvalue weighted by atomic mass is 16.5. The number of Topliss-reactive ketones (excluding diaryl/α,β-unsaturated/α-hetero) is 2. The van der Waals surface area contributed by atoms with Gasteiger partial charge in [0.1, 0.15) is 11.9 Å². The van der Waals surface area contributed by atoms with Gasteiger partial charge in [0.15, 0.2) is 11.9 Å². The van der Waals surface area contributed by atoms with Crippen LogP contribution in [-0.4, -0.2) is 16.7 Å². The summed E-state index contributed by atoms with van der Waals surface area (Å²) in [6, 6.07) is 46.0. The maximum absolute atomic E-state index is 12.8. The van der Waals surface area contributed by atoms with Gasteiger partial charge in [-0.25, -0.2) is 0 Å². The second kappa shape index (κ2) is 13.5. The van der Waals surface area contributed by atoms with E-state index < -0.39 is 12.2 Å². The first-order chi connectivity index (χ1) is 18.6. The first kappa shape index (κ1) is 26.3. The SMILES string of the molecule is O=C(c1ccccc1)C(O)c1ccccc1.O=C(c1ccccc1)C(Oc1ccccc1)c1ccccc1. The van der Waals surface area contributed by atoms with E-state index in [0.29, 0.717) is 22.4 Å². The van der Waals surface area contributed by atoms with Gasteiger partial charge in [0, 0.05) is 16.7 Å². The average Bonchev–Trinajstić information content (AvgIpc) is 3.01. The van der Waals surface area contributed by atoms with Gasteiger partial charge in [-0.15, -0.1) is 0 Å². The Balaban J connectivity index is 0.000000186. The van der Waals surface area contributed by atoms with Crippen LogP contribution in [-0.2, 0) is 0 Å². The van der Waals surface area contributed by atoms with Crippen LogP contribution in [0.2, 0.25) is 0 Å². The molecular weight excluding hydrogens is 472 g/mol. The van der Waals surface area contributed by atoms with Gasteiger partial charge < -0.3 is 9.84 Å². The Bertz CT molecular complexity index is 1400. The lowest BCUT2D eigenvalue weighted by Gasteiger charge is -2.18.